The van der Waals surface area contributed by atoms with Gasteiger partial charge in [-0.1, -0.05) is 24.9 Å². The first-order valence-electron chi connectivity index (χ1n) is 4.65. The van der Waals surface area contributed by atoms with Gasteiger partial charge in [0.15, 0.2) is 0 Å². The van der Waals surface area contributed by atoms with Crippen LogP contribution in [0.15, 0.2) is 6.07 Å². The molecule has 1 aliphatic carbocycles. The van der Waals surface area contributed by atoms with Gasteiger partial charge >= 0.3 is 0 Å². The second-order valence-corrected chi connectivity index (χ2v) is 4.23. The number of halogens is 2. The SMILES string of the molecule is CCC1CC1Nc1cc(Cl)nc(Cl)n1. The lowest BCUT2D eigenvalue weighted by Gasteiger charge is -2.04. The number of nitrogens with zero attached hydrogens (tertiary/aromatic N) is 2. The van der Waals surface area contributed by atoms with E-state index < -0.39 is 0 Å². The van der Waals surface area contributed by atoms with E-state index in [9.17, 15) is 0 Å². The molecule has 2 unspecified atom stereocenters. The third kappa shape index (κ3) is 2.28. The van der Waals surface area contributed by atoms with Crippen LogP contribution in [0.4, 0.5) is 5.82 Å². The Balaban J connectivity index is 2.03. The number of anilines is 1. The second kappa shape index (κ2) is 3.91. The summed E-state index contributed by atoms with van der Waals surface area (Å²) in [5, 5.41) is 3.84. The fraction of sp³-hybridized carbons (Fsp3) is 0.556. The third-order valence-corrected chi connectivity index (χ3v) is 2.81. The fourth-order valence-electron chi connectivity index (χ4n) is 1.53. The van der Waals surface area contributed by atoms with Crippen LogP contribution in [-0.2, 0) is 0 Å². The molecule has 1 saturated carbocycles. The van der Waals surface area contributed by atoms with E-state index in [0.717, 1.165) is 11.7 Å². The van der Waals surface area contributed by atoms with Crippen LogP contribution >= 0.6 is 23.2 Å². The Hall–Kier alpha value is -0.540. The predicted octanol–water partition coefficient (Wildman–Crippen LogP) is 2.99. The number of hydrogen-bond acceptors (Lipinski definition) is 3. The first kappa shape index (κ1) is 9.99. The Kier molecular flexibility index (Phi) is 2.79. The summed E-state index contributed by atoms with van der Waals surface area (Å²) in [6.07, 6.45) is 2.40. The highest BCUT2D eigenvalue weighted by Gasteiger charge is 2.35. The predicted molar refractivity (Wildman–Crippen MR) is 57.9 cm³/mol. The minimum absolute atomic E-state index is 0.189. The molecule has 0 aliphatic heterocycles. The maximum absolute atomic E-state index is 5.75. The van der Waals surface area contributed by atoms with Crippen LogP contribution in [-0.4, -0.2) is 16.0 Å². The summed E-state index contributed by atoms with van der Waals surface area (Å²) in [5.41, 5.74) is 0. The molecule has 76 valence electrons. The van der Waals surface area contributed by atoms with Crippen LogP contribution < -0.4 is 5.32 Å². The van der Waals surface area contributed by atoms with Crippen molar-refractivity contribution in [2.45, 2.75) is 25.8 Å². The lowest BCUT2D eigenvalue weighted by molar-refractivity contribution is 0.773. The van der Waals surface area contributed by atoms with Crippen LogP contribution in [0, 0.1) is 5.92 Å². The summed E-state index contributed by atoms with van der Waals surface area (Å²) in [6.45, 7) is 2.19. The van der Waals surface area contributed by atoms with Gasteiger partial charge < -0.3 is 5.32 Å². The molecule has 5 heteroatoms. The van der Waals surface area contributed by atoms with Crippen molar-refractivity contribution < 1.29 is 0 Å². The molecule has 1 aromatic rings. The Morgan fingerprint density at radius 2 is 2.29 bits per heavy atom. The smallest absolute Gasteiger partial charge is 0.225 e. The Morgan fingerprint density at radius 3 is 2.86 bits per heavy atom. The van der Waals surface area contributed by atoms with E-state index in [1.807, 2.05) is 0 Å². The maximum Gasteiger partial charge on any atom is 0.225 e. The van der Waals surface area contributed by atoms with Crippen molar-refractivity contribution in [3.63, 3.8) is 0 Å². The molecule has 1 heterocycles. The molecule has 0 saturated heterocycles. The minimum Gasteiger partial charge on any atom is -0.367 e. The average molecular weight is 232 g/mol. The lowest BCUT2D eigenvalue weighted by atomic mass is 10.3. The van der Waals surface area contributed by atoms with Gasteiger partial charge in [-0.05, 0) is 23.9 Å². The van der Waals surface area contributed by atoms with Crippen LogP contribution in [0.2, 0.25) is 10.4 Å². The zero-order chi connectivity index (χ0) is 10.1. The van der Waals surface area contributed by atoms with Gasteiger partial charge in [-0.3, -0.25) is 0 Å². The monoisotopic (exact) mass is 231 g/mol. The topological polar surface area (TPSA) is 37.8 Å². The molecular weight excluding hydrogens is 221 g/mol. The Bertz CT molecular complexity index is 323. The molecule has 0 amide bonds. The largest absolute Gasteiger partial charge is 0.367 e. The van der Waals surface area contributed by atoms with Gasteiger partial charge in [-0.15, -0.1) is 0 Å². The summed E-state index contributed by atoms with van der Waals surface area (Å²) in [7, 11) is 0. The molecule has 1 aliphatic rings. The average Bonchev–Trinajstić information content (AvgIpc) is 2.81. The van der Waals surface area contributed by atoms with Crippen molar-refractivity contribution in [2.24, 2.45) is 5.92 Å². The third-order valence-electron chi connectivity index (χ3n) is 2.45. The zero-order valence-corrected chi connectivity index (χ0v) is 9.31. The van der Waals surface area contributed by atoms with Gasteiger partial charge in [-0.2, -0.15) is 0 Å². The number of aromatic nitrogens is 2. The minimum atomic E-state index is 0.189. The van der Waals surface area contributed by atoms with Gasteiger partial charge in [0.1, 0.15) is 11.0 Å². The Labute approximate surface area is 92.8 Å². The number of rotatable bonds is 3. The fourth-order valence-corrected chi connectivity index (χ4v) is 1.94. The summed E-state index contributed by atoms with van der Waals surface area (Å²) in [5.74, 6) is 1.48. The quantitative estimate of drug-likeness (QED) is 0.643. The molecule has 1 fully saturated rings. The van der Waals surface area contributed by atoms with Crippen LogP contribution in [0.5, 0.6) is 0 Å². The van der Waals surface area contributed by atoms with E-state index in [2.05, 4.69) is 22.2 Å². The molecule has 1 N–H and O–H groups in total. The van der Waals surface area contributed by atoms with Gasteiger partial charge in [0.25, 0.3) is 0 Å². The van der Waals surface area contributed by atoms with E-state index in [-0.39, 0.29) is 5.28 Å². The van der Waals surface area contributed by atoms with E-state index >= 15 is 0 Å². The molecule has 0 bridgehead atoms. The Morgan fingerprint density at radius 1 is 1.50 bits per heavy atom. The highest BCUT2D eigenvalue weighted by Crippen LogP contribution is 2.35. The van der Waals surface area contributed by atoms with Gasteiger partial charge in [0, 0.05) is 12.1 Å². The second-order valence-electron chi connectivity index (χ2n) is 3.50. The summed E-state index contributed by atoms with van der Waals surface area (Å²) in [6, 6.07) is 2.22. The van der Waals surface area contributed by atoms with Gasteiger partial charge in [0.2, 0.25) is 5.28 Å². The summed E-state index contributed by atoms with van der Waals surface area (Å²) in [4.78, 5) is 7.82. The van der Waals surface area contributed by atoms with Crippen LogP contribution in [0.25, 0.3) is 0 Å². The van der Waals surface area contributed by atoms with Crippen molar-refractivity contribution in [1.29, 1.82) is 0 Å². The van der Waals surface area contributed by atoms with Crippen molar-refractivity contribution in [2.75, 3.05) is 5.32 Å². The molecule has 3 nitrogen and oxygen atoms in total. The van der Waals surface area contributed by atoms with Crippen molar-refractivity contribution in [3.05, 3.63) is 16.5 Å². The molecule has 0 spiro atoms. The lowest BCUT2D eigenvalue weighted by Crippen LogP contribution is -2.06. The molecule has 2 rings (SSSR count). The molecule has 0 aromatic carbocycles. The maximum atomic E-state index is 5.75. The summed E-state index contributed by atoms with van der Waals surface area (Å²) < 4.78 is 0. The van der Waals surface area contributed by atoms with Gasteiger partial charge in [-0.25, -0.2) is 9.97 Å². The molecule has 2 atom stereocenters. The first-order chi connectivity index (χ1) is 6.69. The number of hydrogen-bond donors (Lipinski definition) is 1. The van der Waals surface area contributed by atoms with E-state index in [0.29, 0.717) is 11.2 Å². The van der Waals surface area contributed by atoms with E-state index in [1.165, 1.54) is 12.8 Å². The van der Waals surface area contributed by atoms with E-state index in [4.69, 9.17) is 23.2 Å². The molecule has 0 radical (unpaired) electrons. The van der Waals surface area contributed by atoms with Crippen molar-refractivity contribution in [1.82, 2.24) is 9.97 Å². The highest BCUT2D eigenvalue weighted by atomic mass is 35.5. The number of nitrogens with one attached hydrogen (secondary N) is 1. The van der Waals surface area contributed by atoms with Crippen LogP contribution in [0.1, 0.15) is 19.8 Å². The zero-order valence-electron chi connectivity index (χ0n) is 7.80. The van der Waals surface area contributed by atoms with Crippen molar-refractivity contribution in [3.8, 4) is 0 Å². The normalized spacial score (nSPS) is 24.8. The standard InChI is InChI=1S/C9H11Cl2N3/c1-2-5-3-6(5)12-8-4-7(10)13-9(11)14-8/h4-6H,2-3H2,1H3,(H,12,13,14). The highest BCUT2D eigenvalue weighted by molar-refractivity contribution is 6.32. The van der Waals surface area contributed by atoms with E-state index in [1.54, 1.807) is 6.07 Å². The van der Waals surface area contributed by atoms with Crippen molar-refractivity contribution >= 4 is 29.0 Å². The molecule has 1 aromatic heterocycles. The molecular formula is C9H11Cl2N3. The first-order valence-corrected chi connectivity index (χ1v) is 5.41. The van der Waals surface area contributed by atoms with Crippen LogP contribution in [0.3, 0.4) is 0 Å². The van der Waals surface area contributed by atoms with Gasteiger partial charge in [0.05, 0.1) is 0 Å². The molecule has 14 heavy (non-hydrogen) atoms. The summed E-state index contributed by atoms with van der Waals surface area (Å²) >= 11 is 11.4.